The molecule has 1 rings (SSSR count). The van der Waals surface area contributed by atoms with Gasteiger partial charge in [0.25, 0.3) is 5.69 Å². The van der Waals surface area contributed by atoms with Crippen LogP contribution in [0.1, 0.15) is 20.8 Å². The Morgan fingerprint density at radius 1 is 1.45 bits per heavy atom. The summed E-state index contributed by atoms with van der Waals surface area (Å²) in [6.45, 7) is 5.46. The van der Waals surface area contributed by atoms with Crippen LogP contribution in [0.2, 0.25) is 0 Å². The van der Waals surface area contributed by atoms with Crippen molar-refractivity contribution in [3.05, 3.63) is 28.3 Å². The number of nitrogens with zero attached hydrogens (tertiary/aromatic N) is 1. The van der Waals surface area contributed by atoms with E-state index in [1.807, 2.05) is 20.8 Å². The number of nitrogens with one attached hydrogen (secondary N) is 1. The number of ether oxygens (including phenoxy) is 1. The molecular weight excluding hydrogens is 262 g/mol. The number of rotatable bonds is 4. The highest BCUT2D eigenvalue weighted by Gasteiger charge is 2.29. The molecule has 0 radical (unpaired) electrons. The lowest BCUT2D eigenvalue weighted by atomic mass is 9.87. The maximum Gasteiger partial charge on any atom is 0.296 e. The van der Waals surface area contributed by atoms with Gasteiger partial charge in [0.15, 0.2) is 0 Å². The number of carbonyl (C=O) groups excluding carboxylic acids is 1. The molecule has 0 spiro atoms. The van der Waals surface area contributed by atoms with Gasteiger partial charge in [-0.1, -0.05) is 20.8 Å². The molecule has 0 saturated heterocycles. The van der Waals surface area contributed by atoms with Crippen LogP contribution in [-0.4, -0.2) is 24.0 Å². The van der Waals surface area contributed by atoms with Gasteiger partial charge in [-0.25, -0.2) is 0 Å². The number of hydrogen-bond donors (Lipinski definition) is 2. The number of hydrogen-bond acceptors (Lipinski definition) is 5. The van der Waals surface area contributed by atoms with Crippen LogP contribution in [0.3, 0.4) is 0 Å². The quantitative estimate of drug-likeness (QED) is 0.647. The lowest BCUT2D eigenvalue weighted by Gasteiger charge is -2.25. The van der Waals surface area contributed by atoms with E-state index in [-0.39, 0.29) is 11.4 Å². The summed E-state index contributed by atoms with van der Waals surface area (Å²) in [6, 6.07) is 3.43. The molecule has 1 aromatic carbocycles. The van der Waals surface area contributed by atoms with Gasteiger partial charge in [0.05, 0.1) is 24.1 Å². The Hall–Kier alpha value is -2.15. The minimum atomic E-state index is -0.774. The molecule has 0 bridgehead atoms. The van der Waals surface area contributed by atoms with Crippen LogP contribution in [-0.2, 0) is 4.79 Å². The second-order valence-corrected chi connectivity index (χ2v) is 5.47. The number of nitro groups is 1. The molecule has 110 valence electrons. The number of anilines is 1. The van der Waals surface area contributed by atoms with E-state index in [1.165, 1.54) is 25.3 Å². The molecule has 0 heterocycles. The van der Waals surface area contributed by atoms with Gasteiger partial charge in [0.1, 0.15) is 11.4 Å². The summed E-state index contributed by atoms with van der Waals surface area (Å²) < 4.78 is 4.92. The highest BCUT2D eigenvalue weighted by atomic mass is 16.6. The number of nitrogens with two attached hydrogens (primary N) is 1. The summed E-state index contributed by atoms with van der Waals surface area (Å²) >= 11 is 0. The van der Waals surface area contributed by atoms with E-state index in [1.54, 1.807) is 0 Å². The predicted molar refractivity (Wildman–Crippen MR) is 75.7 cm³/mol. The maximum atomic E-state index is 12.0. The molecule has 1 aromatic rings. The third-order valence-electron chi connectivity index (χ3n) is 2.87. The Morgan fingerprint density at radius 3 is 2.50 bits per heavy atom. The van der Waals surface area contributed by atoms with Crippen molar-refractivity contribution in [2.24, 2.45) is 11.1 Å². The van der Waals surface area contributed by atoms with Gasteiger partial charge in [0.2, 0.25) is 5.91 Å². The van der Waals surface area contributed by atoms with Gasteiger partial charge in [-0.15, -0.1) is 0 Å². The molecule has 0 aliphatic heterocycles. The molecular formula is C13H19N3O4. The SMILES string of the molecule is COc1ccc(NC(=O)C(N)C(C)(C)C)c([N+](=O)[O-])c1. The minimum absolute atomic E-state index is 0.0977. The fourth-order valence-electron chi connectivity index (χ4n) is 1.50. The van der Waals surface area contributed by atoms with Crippen molar-refractivity contribution in [2.75, 3.05) is 12.4 Å². The highest BCUT2D eigenvalue weighted by molar-refractivity contribution is 5.97. The number of amides is 1. The van der Waals surface area contributed by atoms with Gasteiger partial charge in [-0.3, -0.25) is 14.9 Å². The van der Waals surface area contributed by atoms with Crippen molar-refractivity contribution in [3.8, 4) is 5.75 Å². The molecule has 1 unspecified atom stereocenters. The molecule has 0 saturated carbocycles. The van der Waals surface area contributed by atoms with Crippen molar-refractivity contribution >= 4 is 17.3 Å². The Kier molecular flexibility index (Phi) is 4.67. The Balaban J connectivity index is 3.03. The van der Waals surface area contributed by atoms with Gasteiger partial charge >= 0.3 is 0 Å². The average molecular weight is 281 g/mol. The number of benzene rings is 1. The molecule has 3 N–H and O–H groups in total. The zero-order valence-corrected chi connectivity index (χ0v) is 12.0. The van der Waals surface area contributed by atoms with Gasteiger partial charge in [-0.05, 0) is 17.5 Å². The zero-order valence-electron chi connectivity index (χ0n) is 12.0. The third kappa shape index (κ3) is 3.67. The molecule has 0 fully saturated rings. The first kappa shape index (κ1) is 15.9. The highest BCUT2D eigenvalue weighted by Crippen LogP contribution is 2.29. The summed E-state index contributed by atoms with van der Waals surface area (Å²) in [4.78, 5) is 22.4. The van der Waals surface area contributed by atoms with E-state index in [9.17, 15) is 14.9 Å². The number of nitro benzene ring substituents is 1. The van der Waals surface area contributed by atoms with Crippen LogP contribution in [0.15, 0.2) is 18.2 Å². The monoisotopic (exact) mass is 281 g/mol. The summed E-state index contributed by atoms with van der Waals surface area (Å²) in [6.07, 6.45) is 0. The third-order valence-corrected chi connectivity index (χ3v) is 2.87. The summed E-state index contributed by atoms with van der Waals surface area (Å²) in [7, 11) is 1.41. The van der Waals surface area contributed by atoms with E-state index < -0.39 is 22.3 Å². The van der Waals surface area contributed by atoms with Crippen LogP contribution >= 0.6 is 0 Å². The Morgan fingerprint density at radius 2 is 2.05 bits per heavy atom. The Bertz CT molecular complexity index is 523. The fraction of sp³-hybridized carbons (Fsp3) is 0.462. The number of carbonyl (C=O) groups is 1. The van der Waals surface area contributed by atoms with Gasteiger partial charge in [-0.2, -0.15) is 0 Å². The van der Waals surface area contributed by atoms with Crippen molar-refractivity contribution in [1.82, 2.24) is 0 Å². The first-order valence-corrected chi connectivity index (χ1v) is 6.05. The van der Waals surface area contributed by atoms with Crippen molar-refractivity contribution < 1.29 is 14.5 Å². The van der Waals surface area contributed by atoms with E-state index in [0.717, 1.165) is 0 Å². The lowest BCUT2D eigenvalue weighted by Crippen LogP contribution is -2.45. The molecule has 7 heteroatoms. The van der Waals surface area contributed by atoms with Crippen LogP contribution in [0.25, 0.3) is 0 Å². The predicted octanol–water partition coefficient (Wildman–Crippen LogP) is 1.92. The van der Waals surface area contributed by atoms with Crippen LogP contribution in [0, 0.1) is 15.5 Å². The average Bonchev–Trinajstić information content (AvgIpc) is 2.36. The fourth-order valence-corrected chi connectivity index (χ4v) is 1.50. The summed E-state index contributed by atoms with van der Waals surface area (Å²) in [5.41, 5.74) is 5.24. The Labute approximate surface area is 117 Å². The minimum Gasteiger partial charge on any atom is -0.496 e. The normalized spacial score (nSPS) is 12.7. The van der Waals surface area contributed by atoms with Crippen molar-refractivity contribution in [1.29, 1.82) is 0 Å². The summed E-state index contributed by atoms with van der Waals surface area (Å²) in [5, 5.41) is 13.5. The second kappa shape index (κ2) is 5.87. The zero-order chi connectivity index (χ0) is 15.5. The molecule has 1 atom stereocenters. The molecule has 7 nitrogen and oxygen atoms in total. The standard InChI is InChI=1S/C13H19N3O4/c1-13(2,3)11(14)12(17)15-9-6-5-8(20-4)7-10(9)16(18)19/h5-7,11H,14H2,1-4H3,(H,15,17). The van der Waals surface area contributed by atoms with Crippen molar-refractivity contribution in [2.45, 2.75) is 26.8 Å². The molecule has 0 aliphatic rings. The molecule has 0 aliphatic carbocycles. The first-order valence-electron chi connectivity index (χ1n) is 6.05. The van der Waals surface area contributed by atoms with Gasteiger partial charge in [0, 0.05) is 0 Å². The first-order chi connectivity index (χ1) is 9.16. The smallest absolute Gasteiger partial charge is 0.296 e. The molecule has 0 aromatic heterocycles. The largest absolute Gasteiger partial charge is 0.496 e. The van der Waals surface area contributed by atoms with Gasteiger partial charge < -0.3 is 15.8 Å². The second-order valence-electron chi connectivity index (χ2n) is 5.47. The van der Waals surface area contributed by atoms with Crippen molar-refractivity contribution in [3.63, 3.8) is 0 Å². The topological polar surface area (TPSA) is 107 Å². The molecule has 1 amide bonds. The summed E-state index contributed by atoms with van der Waals surface area (Å²) in [5.74, 6) is -0.124. The van der Waals surface area contributed by atoms with Crippen LogP contribution < -0.4 is 15.8 Å². The van der Waals surface area contributed by atoms with E-state index in [2.05, 4.69) is 5.32 Å². The van der Waals surface area contributed by atoms with E-state index in [4.69, 9.17) is 10.5 Å². The van der Waals surface area contributed by atoms with Crippen LogP contribution in [0.5, 0.6) is 5.75 Å². The molecule has 20 heavy (non-hydrogen) atoms. The number of methoxy groups -OCH3 is 1. The van der Waals surface area contributed by atoms with Crippen LogP contribution in [0.4, 0.5) is 11.4 Å². The van der Waals surface area contributed by atoms with E-state index >= 15 is 0 Å². The van der Waals surface area contributed by atoms with E-state index in [0.29, 0.717) is 5.75 Å². The lowest BCUT2D eigenvalue weighted by molar-refractivity contribution is -0.384. The maximum absolute atomic E-state index is 12.0.